The third kappa shape index (κ3) is 4.37. The Bertz CT molecular complexity index is 1430. The molecule has 6 nitrogen and oxygen atoms in total. The van der Waals surface area contributed by atoms with Gasteiger partial charge in [0.25, 0.3) is 8.24 Å². The molecule has 5 rings (SSSR count). The van der Waals surface area contributed by atoms with E-state index in [0.717, 1.165) is 26.7 Å². The van der Waals surface area contributed by atoms with Crippen LogP contribution in [0.2, 0.25) is 0 Å². The summed E-state index contributed by atoms with van der Waals surface area (Å²) in [6.07, 6.45) is 1.78. The van der Waals surface area contributed by atoms with Crippen molar-refractivity contribution >= 4 is 48.7 Å². The number of fused-ring (bicyclic) bond motifs is 1. The van der Waals surface area contributed by atoms with Crippen LogP contribution in [-0.2, 0) is 16.0 Å². The van der Waals surface area contributed by atoms with Crippen LogP contribution in [-0.4, -0.2) is 27.0 Å². The molecule has 0 bridgehead atoms. The van der Waals surface area contributed by atoms with Crippen LogP contribution in [0.15, 0.2) is 114 Å². The summed E-state index contributed by atoms with van der Waals surface area (Å²) in [5.74, 6) is -0.194. The first-order chi connectivity index (χ1) is 18.2. The highest BCUT2D eigenvalue weighted by atomic mass is 28.3. The van der Waals surface area contributed by atoms with Gasteiger partial charge in [-0.05, 0) is 45.8 Å². The van der Waals surface area contributed by atoms with E-state index < -0.39 is 8.24 Å². The normalized spacial score (nSPS) is 12.4. The lowest BCUT2D eigenvalue weighted by molar-refractivity contribution is -0.108. The highest BCUT2D eigenvalue weighted by Gasteiger charge is 2.47. The van der Waals surface area contributed by atoms with E-state index in [-0.39, 0.29) is 5.91 Å². The van der Waals surface area contributed by atoms with Crippen molar-refractivity contribution in [3.05, 3.63) is 131 Å². The van der Waals surface area contributed by atoms with E-state index >= 15 is 0 Å². The molecule has 1 aliphatic rings. The zero-order chi connectivity index (χ0) is 25.7. The Morgan fingerprint density at radius 1 is 0.676 bits per heavy atom. The molecule has 0 radical (unpaired) electrons. The first kappa shape index (κ1) is 24.0. The van der Waals surface area contributed by atoms with Crippen molar-refractivity contribution in [1.29, 1.82) is 0 Å². The Balaban J connectivity index is 1.82. The van der Waals surface area contributed by atoms with Crippen molar-refractivity contribution in [2.24, 2.45) is 0 Å². The molecule has 0 aliphatic heterocycles. The second kappa shape index (κ2) is 10.5. The van der Waals surface area contributed by atoms with Crippen LogP contribution in [0.4, 0.5) is 5.69 Å². The monoisotopic (exact) mass is 503 g/mol. The van der Waals surface area contributed by atoms with Crippen LogP contribution < -0.4 is 26.0 Å². The Morgan fingerprint density at radius 3 is 1.81 bits per heavy atom. The Morgan fingerprint density at radius 2 is 1.24 bits per heavy atom. The maximum atomic E-state index is 13.8. The number of hydrogen-bond acceptors (Lipinski definition) is 3. The largest absolute Gasteiger partial charge is 0.366 e. The zero-order valence-corrected chi connectivity index (χ0v) is 21.0. The fraction of sp³-hybridized carbons (Fsp3) is 0.0333. The van der Waals surface area contributed by atoms with E-state index in [9.17, 15) is 14.4 Å². The summed E-state index contributed by atoms with van der Waals surface area (Å²) in [6, 6.07) is 34.7. The van der Waals surface area contributed by atoms with Crippen LogP contribution in [0.25, 0.3) is 5.70 Å². The van der Waals surface area contributed by atoms with Gasteiger partial charge in [-0.15, -0.1) is 0 Å². The first-order valence-electron chi connectivity index (χ1n) is 11.9. The number of hydrogen-bond donors (Lipinski definition) is 3. The van der Waals surface area contributed by atoms with Crippen LogP contribution in [0, 0.1) is 0 Å². The van der Waals surface area contributed by atoms with Crippen molar-refractivity contribution in [3.63, 3.8) is 0 Å². The average Bonchev–Trinajstić information content (AvgIpc) is 3.33. The predicted molar refractivity (Wildman–Crippen MR) is 148 cm³/mol. The molecule has 4 aromatic rings. The Labute approximate surface area is 216 Å². The standard InChI is InChI=1S/C30H25N3O3Si/c34-20-31-26-18-10-13-23-19-27(29(28(23)26)32-21-35)37(24-14-6-2-7-15-24,25-16-8-3-9-17-25)33-30(36)22-11-4-1-5-12-22/h1-18,20-21H,19H2,(H,31,34)(H,32,35)(H,33,36). The molecule has 0 fully saturated rings. The fourth-order valence-electron chi connectivity index (χ4n) is 5.14. The summed E-state index contributed by atoms with van der Waals surface area (Å²) >= 11 is 0. The molecule has 4 aromatic carbocycles. The van der Waals surface area contributed by atoms with Crippen molar-refractivity contribution in [1.82, 2.24) is 10.3 Å². The van der Waals surface area contributed by atoms with Crippen molar-refractivity contribution < 1.29 is 14.4 Å². The van der Waals surface area contributed by atoms with E-state index in [4.69, 9.17) is 0 Å². The van der Waals surface area contributed by atoms with Crippen LogP contribution in [0.5, 0.6) is 0 Å². The first-order valence-corrected chi connectivity index (χ1v) is 13.9. The van der Waals surface area contributed by atoms with Gasteiger partial charge in [-0.2, -0.15) is 0 Å². The van der Waals surface area contributed by atoms with E-state index in [0.29, 0.717) is 36.2 Å². The number of amides is 3. The molecule has 3 amide bonds. The minimum atomic E-state index is -3.26. The van der Waals surface area contributed by atoms with Gasteiger partial charge in [0.05, 0.1) is 5.69 Å². The predicted octanol–water partition coefficient (Wildman–Crippen LogP) is 3.00. The van der Waals surface area contributed by atoms with E-state index in [1.54, 1.807) is 18.2 Å². The average molecular weight is 504 g/mol. The fourth-order valence-corrected chi connectivity index (χ4v) is 9.51. The van der Waals surface area contributed by atoms with E-state index in [2.05, 4.69) is 15.6 Å². The molecule has 0 atom stereocenters. The summed E-state index contributed by atoms with van der Waals surface area (Å²) in [5.41, 5.74) is 3.49. The van der Waals surface area contributed by atoms with Gasteiger partial charge in [0, 0.05) is 16.8 Å². The quantitative estimate of drug-likeness (QED) is 0.242. The number of carbonyl (C=O) groups excluding carboxylic acids is 3. The smallest absolute Gasteiger partial charge is 0.251 e. The number of rotatable bonds is 9. The van der Waals surface area contributed by atoms with Gasteiger partial charge in [-0.1, -0.05) is 91.0 Å². The molecule has 182 valence electrons. The molecule has 0 aromatic heterocycles. The van der Waals surface area contributed by atoms with E-state index in [1.165, 1.54) is 0 Å². The molecule has 7 heteroatoms. The highest BCUT2D eigenvalue weighted by Crippen LogP contribution is 2.39. The summed E-state index contributed by atoms with van der Waals surface area (Å²) < 4.78 is 0. The second-order valence-corrected chi connectivity index (χ2v) is 12.2. The maximum absolute atomic E-state index is 13.8. The summed E-state index contributed by atoms with van der Waals surface area (Å²) in [4.78, 5) is 40.6. The van der Waals surface area contributed by atoms with Crippen molar-refractivity contribution in [2.75, 3.05) is 5.32 Å². The third-order valence-electron chi connectivity index (χ3n) is 6.69. The summed E-state index contributed by atoms with van der Waals surface area (Å²) in [6.45, 7) is 0. The summed E-state index contributed by atoms with van der Waals surface area (Å²) in [5, 5.41) is 8.58. The molecule has 3 N–H and O–H groups in total. The van der Waals surface area contributed by atoms with Crippen LogP contribution in [0.3, 0.4) is 0 Å². The third-order valence-corrected chi connectivity index (χ3v) is 11.0. The maximum Gasteiger partial charge on any atom is 0.251 e. The van der Waals surface area contributed by atoms with Gasteiger partial charge in [0.1, 0.15) is 0 Å². The van der Waals surface area contributed by atoms with Gasteiger partial charge < -0.3 is 15.6 Å². The molecule has 0 spiro atoms. The SMILES string of the molecule is O=CNC1=C([Si](NC(=O)c2ccccc2)(c2ccccc2)c2ccccc2)Cc2cccc(NC=O)c21. The minimum absolute atomic E-state index is 0.194. The molecular formula is C30H25N3O3Si. The number of anilines is 1. The van der Waals surface area contributed by atoms with Crippen molar-refractivity contribution in [2.45, 2.75) is 6.42 Å². The topological polar surface area (TPSA) is 87.3 Å². The Hall–Kier alpha value is -4.75. The second-order valence-electron chi connectivity index (χ2n) is 8.70. The lowest BCUT2D eigenvalue weighted by Crippen LogP contribution is -2.72. The number of carbonyl (C=O) groups is 3. The van der Waals surface area contributed by atoms with E-state index in [1.807, 2.05) is 91.0 Å². The van der Waals surface area contributed by atoms with Gasteiger partial charge in [0.2, 0.25) is 18.7 Å². The summed E-state index contributed by atoms with van der Waals surface area (Å²) in [7, 11) is -3.26. The lowest BCUT2D eigenvalue weighted by Gasteiger charge is -2.35. The minimum Gasteiger partial charge on any atom is -0.366 e. The molecule has 0 unspecified atom stereocenters. The molecule has 0 heterocycles. The number of benzene rings is 4. The zero-order valence-electron chi connectivity index (χ0n) is 20.0. The van der Waals surface area contributed by atoms with Crippen molar-refractivity contribution in [3.8, 4) is 0 Å². The number of allylic oxidation sites excluding steroid dienone is 1. The molecular weight excluding hydrogens is 478 g/mol. The van der Waals surface area contributed by atoms with Crippen LogP contribution in [0.1, 0.15) is 21.5 Å². The molecule has 0 saturated carbocycles. The molecule has 37 heavy (non-hydrogen) atoms. The van der Waals surface area contributed by atoms with Gasteiger partial charge >= 0.3 is 0 Å². The van der Waals surface area contributed by atoms with Gasteiger partial charge in [-0.3, -0.25) is 14.4 Å². The lowest BCUT2D eigenvalue weighted by atomic mass is 10.1. The molecule has 1 aliphatic carbocycles. The van der Waals surface area contributed by atoms with Gasteiger partial charge in [-0.25, -0.2) is 0 Å². The molecule has 0 saturated heterocycles. The highest BCUT2D eigenvalue weighted by molar-refractivity contribution is 7.07. The van der Waals surface area contributed by atoms with Crippen LogP contribution >= 0.6 is 0 Å². The Kier molecular flexibility index (Phi) is 6.78. The number of nitrogens with one attached hydrogen (secondary N) is 3. The van der Waals surface area contributed by atoms with Gasteiger partial charge in [0.15, 0.2) is 0 Å².